The Hall–Kier alpha value is -2.77. The molecule has 26 heavy (non-hydrogen) atoms. The second-order valence-electron chi connectivity index (χ2n) is 6.20. The molecular formula is C18H26N4O4. The third-order valence-electron chi connectivity index (χ3n) is 4.36. The number of ether oxygens (including phenoxy) is 1. The fourth-order valence-electron chi connectivity index (χ4n) is 2.88. The number of amides is 4. The van der Waals surface area contributed by atoms with Gasteiger partial charge < -0.3 is 20.7 Å². The molecule has 4 amide bonds. The van der Waals surface area contributed by atoms with Crippen LogP contribution < -0.4 is 26.0 Å². The molecule has 142 valence electrons. The van der Waals surface area contributed by atoms with E-state index in [1.165, 1.54) is 0 Å². The lowest BCUT2D eigenvalue weighted by Crippen LogP contribution is -2.51. The molecule has 8 heteroatoms. The number of carbonyl (C=O) groups excluding carboxylic acids is 3. The van der Waals surface area contributed by atoms with Gasteiger partial charge >= 0.3 is 6.03 Å². The predicted molar refractivity (Wildman–Crippen MR) is 97.9 cm³/mol. The van der Waals surface area contributed by atoms with Crippen molar-refractivity contribution in [1.29, 1.82) is 0 Å². The zero-order valence-corrected chi connectivity index (χ0v) is 15.2. The van der Waals surface area contributed by atoms with Crippen molar-refractivity contribution in [3.05, 3.63) is 24.3 Å². The molecular weight excluding hydrogens is 336 g/mol. The van der Waals surface area contributed by atoms with E-state index >= 15 is 0 Å². The highest BCUT2D eigenvalue weighted by atomic mass is 16.5. The maximum atomic E-state index is 12.6. The second kappa shape index (κ2) is 9.07. The fraction of sp³-hybridized carbons (Fsp3) is 0.500. The van der Waals surface area contributed by atoms with E-state index in [4.69, 9.17) is 10.5 Å². The third-order valence-corrected chi connectivity index (χ3v) is 4.36. The van der Waals surface area contributed by atoms with Crippen LogP contribution in [0.25, 0.3) is 0 Å². The molecule has 1 aliphatic rings. The van der Waals surface area contributed by atoms with Crippen LogP contribution in [0.1, 0.15) is 33.1 Å². The smallest absolute Gasteiger partial charge is 0.318 e. The van der Waals surface area contributed by atoms with Crippen LogP contribution in [0.5, 0.6) is 5.75 Å². The lowest BCUT2D eigenvalue weighted by atomic mass is 10.1. The van der Waals surface area contributed by atoms with Crippen LogP contribution in [0, 0.1) is 0 Å². The van der Waals surface area contributed by atoms with Gasteiger partial charge in [0.15, 0.2) is 6.10 Å². The highest BCUT2D eigenvalue weighted by Crippen LogP contribution is 2.33. The molecule has 0 aromatic heterocycles. The predicted octanol–water partition coefficient (Wildman–Crippen LogP) is 1.14. The van der Waals surface area contributed by atoms with Crippen molar-refractivity contribution in [1.82, 2.24) is 10.6 Å². The van der Waals surface area contributed by atoms with Crippen LogP contribution in [-0.4, -0.2) is 43.1 Å². The molecule has 8 nitrogen and oxygen atoms in total. The molecule has 1 aromatic carbocycles. The number of urea groups is 1. The number of nitrogens with one attached hydrogen (secondary N) is 2. The number of benzene rings is 1. The van der Waals surface area contributed by atoms with E-state index in [-0.39, 0.29) is 18.4 Å². The minimum Gasteiger partial charge on any atom is -0.477 e. The van der Waals surface area contributed by atoms with E-state index in [0.717, 1.165) is 18.5 Å². The maximum Gasteiger partial charge on any atom is 0.318 e. The summed E-state index contributed by atoms with van der Waals surface area (Å²) in [4.78, 5) is 36.9. The van der Waals surface area contributed by atoms with Crippen LogP contribution in [-0.2, 0) is 9.59 Å². The molecule has 1 heterocycles. The van der Waals surface area contributed by atoms with Crippen molar-refractivity contribution in [2.45, 2.75) is 45.3 Å². The number of rotatable bonds is 7. The van der Waals surface area contributed by atoms with Gasteiger partial charge in [-0.05, 0) is 25.0 Å². The summed E-state index contributed by atoms with van der Waals surface area (Å²) >= 11 is 0. The molecule has 0 bridgehead atoms. The number of primary amides is 1. The SMILES string of the molecule is CCC(CC)NC(=O)[C@H]1CN(CCC(=O)NC(N)=O)c2ccccc2O1. The lowest BCUT2D eigenvalue weighted by Gasteiger charge is -2.36. The topological polar surface area (TPSA) is 114 Å². The first kappa shape index (κ1) is 19.6. The fourth-order valence-corrected chi connectivity index (χ4v) is 2.88. The molecule has 1 aliphatic heterocycles. The summed E-state index contributed by atoms with van der Waals surface area (Å²) in [6.07, 6.45) is 1.12. The summed E-state index contributed by atoms with van der Waals surface area (Å²) in [7, 11) is 0. The molecule has 4 N–H and O–H groups in total. The Bertz CT molecular complexity index is 660. The monoisotopic (exact) mass is 362 g/mol. The number of nitrogens with zero attached hydrogens (tertiary/aromatic N) is 1. The van der Waals surface area contributed by atoms with E-state index in [0.29, 0.717) is 18.8 Å². The molecule has 0 unspecified atom stereocenters. The van der Waals surface area contributed by atoms with Gasteiger partial charge in [0.1, 0.15) is 5.75 Å². The lowest BCUT2D eigenvalue weighted by molar-refractivity contribution is -0.128. The number of para-hydroxylation sites is 2. The molecule has 0 saturated carbocycles. The van der Waals surface area contributed by atoms with Crippen molar-refractivity contribution in [3.63, 3.8) is 0 Å². The van der Waals surface area contributed by atoms with Gasteiger partial charge in [-0.15, -0.1) is 0 Å². The molecule has 0 spiro atoms. The Morgan fingerprint density at radius 3 is 2.62 bits per heavy atom. The number of fused-ring (bicyclic) bond motifs is 1. The van der Waals surface area contributed by atoms with E-state index in [1.807, 2.05) is 42.3 Å². The Morgan fingerprint density at radius 2 is 1.96 bits per heavy atom. The first-order chi connectivity index (χ1) is 12.4. The summed E-state index contributed by atoms with van der Waals surface area (Å²) in [5.74, 6) is -0.0296. The quantitative estimate of drug-likeness (QED) is 0.673. The normalized spacial score (nSPS) is 15.8. The molecule has 1 atom stereocenters. The summed E-state index contributed by atoms with van der Waals surface area (Å²) in [6.45, 7) is 4.71. The summed E-state index contributed by atoms with van der Waals surface area (Å²) in [6, 6.07) is 6.60. The number of anilines is 1. The number of carbonyl (C=O) groups is 3. The van der Waals surface area contributed by atoms with Gasteiger partial charge in [0.2, 0.25) is 5.91 Å². The van der Waals surface area contributed by atoms with Gasteiger partial charge in [-0.25, -0.2) is 4.79 Å². The van der Waals surface area contributed by atoms with E-state index in [1.54, 1.807) is 6.07 Å². The Kier molecular flexibility index (Phi) is 6.82. The first-order valence-electron chi connectivity index (χ1n) is 8.84. The number of imide groups is 1. The molecule has 2 rings (SSSR count). The van der Waals surface area contributed by atoms with Crippen LogP contribution in [0.2, 0.25) is 0 Å². The Labute approximate surface area is 153 Å². The van der Waals surface area contributed by atoms with Crippen molar-refractivity contribution < 1.29 is 19.1 Å². The van der Waals surface area contributed by atoms with Crippen molar-refractivity contribution >= 4 is 23.5 Å². The van der Waals surface area contributed by atoms with Crippen molar-refractivity contribution in [3.8, 4) is 5.75 Å². The molecule has 0 radical (unpaired) electrons. The average Bonchev–Trinajstić information content (AvgIpc) is 2.63. The van der Waals surface area contributed by atoms with Crippen LogP contribution in [0.3, 0.4) is 0 Å². The largest absolute Gasteiger partial charge is 0.477 e. The minimum absolute atomic E-state index is 0.0815. The summed E-state index contributed by atoms with van der Waals surface area (Å²) < 4.78 is 5.86. The number of nitrogens with two attached hydrogens (primary N) is 1. The maximum absolute atomic E-state index is 12.6. The summed E-state index contributed by atoms with van der Waals surface area (Å²) in [5, 5.41) is 5.04. The van der Waals surface area contributed by atoms with Gasteiger partial charge in [0.05, 0.1) is 12.2 Å². The second-order valence-corrected chi connectivity index (χ2v) is 6.20. The molecule has 0 fully saturated rings. The Morgan fingerprint density at radius 1 is 1.27 bits per heavy atom. The standard InChI is InChI=1S/C18H26N4O4/c1-3-12(4-2)20-17(24)15-11-22(10-9-16(23)21-18(19)25)13-7-5-6-8-14(13)26-15/h5-8,12,15H,3-4,9-11H2,1-2H3,(H,20,24)(H3,19,21,23,25)/t15-/m1/s1. The van der Waals surface area contributed by atoms with Gasteiger partial charge in [-0.1, -0.05) is 26.0 Å². The Balaban J connectivity index is 2.08. The summed E-state index contributed by atoms with van der Waals surface area (Å²) in [5.41, 5.74) is 5.77. The van der Waals surface area contributed by atoms with Gasteiger partial charge in [0, 0.05) is 19.0 Å². The average molecular weight is 362 g/mol. The van der Waals surface area contributed by atoms with E-state index in [9.17, 15) is 14.4 Å². The van der Waals surface area contributed by atoms with Crippen LogP contribution in [0.4, 0.5) is 10.5 Å². The number of hydrogen-bond donors (Lipinski definition) is 3. The zero-order valence-electron chi connectivity index (χ0n) is 15.2. The van der Waals surface area contributed by atoms with Crippen LogP contribution >= 0.6 is 0 Å². The van der Waals surface area contributed by atoms with Crippen molar-refractivity contribution in [2.24, 2.45) is 5.73 Å². The number of hydrogen-bond acceptors (Lipinski definition) is 5. The zero-order chi connectivity index (χ0) is 19.1. The molecule has 1 aromatic rings. The van der Waals surface area contributed by atoms with Gasteiger partial charge in [-0.2, -0.15) is 0 Å². The van der Waals surface area contributed by atoms with Crippen LogP contribution in [0.15, 0.2) is 24.3 Å². The highest BCUT2D eigenvalue weighted by Gasteiger charge is 2.31. The third kappa shape index (κ3) is 5.11. The van der Waals surface area contributed by atoms with Gasteiger partial charge in [0.25, 0.3) is 5.91 Å². The minimum atomic E-state index is -0.875. The molecule has 0 aliphatic carbocycles. The van der Waals surface area contributed by atoms with Gasteiger partial charge in [-0.3, -0.25) is 14.9 Å². The highest BCUT2D eigenvalue weighted by molar-refractivity contribution is 5.93. The molecule has 0 saturated heterocycles. The van der Waals surface area contributed by atoms with E-state index in [2.05, 4.69) is 5.32 Å². The first-order valence-corrected chi connectivity index (χ1v) is 8.84. The van der Waals surface area contributed by atoms with E-state index < -0.39 is 18.0 Å². The van der Waals surface area contributed by atoms with Crippen molar-refractivity contribution in [2.75, 3.05) is 18.0 Å².